The van der Waals surface area contributed by atoms with Gasteiger partial charge < -0.3 is 19.9 Å². The van der Waals surface area contributed by atoms with E-state index >= 15 is 0 Å². The number of nitrogens with zero attached hydrogens (tertiary/aromatic N) is 4. The van der Waals surface area contributed by atoms with Crippen LogP contribution < -0.4 is 10.5 Å². The topological polar surface area (TPSA) is 97.3 Å². The van der Waals surface area contributed by atoms with Crippen LogP contribution >= 0.6 is 11.6 Å². The number of anilines is 1. The molecule has 2 atom stereocenters. The number of rotatable bonds is 8. The summed E-state index contributed by atoms with van der Waals surface area (Å²) < 4.78 is 20.7. The molecule has 2 aromatic heterocycles. The van der Waals surface area contributed by atoms with Gasteiger partial charge in [0.1, 0.15) is 23.1 Å². The number of nitrogen functional groups attached to an aromatic ring is 1. The van der Waals surface area contributed by atoms with Crippen molar-refractivity contribution in [2.75, 3.05) is 19.5 Å². The molecule has 39 heavy (non-hydrogen) atoms. The first-order valence-corrected chi connectivity index (χ1v) is 13.2. The van der Waals surface area contributed by atoms with Crippen molar-refractivity contribution in [3.63, 3.8) is 0 Å². The summed E-state index contributed by atoms with van der Waals surface area (Å²) in [6.07, 6.45) is 2.84. The molecule has 3 heterocycles. The van der Waals surface area contributed by atoms with Crippen molar-refractivity contribution in [3.05, 3.63) is 113 Å². The molecule has 0 spiro atoms. The van der Waals surface area contributed by atoms with Crippen molar-refractivity contribution in [3.8, 4) is 5.75 Å². The minimum Gasteiger partial charge on any atom is -0.497 e. The number of fused-ring (bicyclic) bond motifs is 1. The van der Waals surface area contributed by atoms with Crippen LogP contribution in [0.1, 0.15) is 35.8 Å². The first kappa shape index (κ1) is 25.3. The third-order valence-electron chi connectivity index (χ3n) is 7.16. The number of methoxy groups -OCH3 is 1. The Kier molecular flexibility index (Phi) is 6.91. The maximum atomic E-state index is 6.98. The van der Waals surface area contributed by atoms with Crippen LogP contribution in [0.5, 0.6) is 5.75 Å². The molecule has 2 N–H and O–H groups in total. The molecule has 0 saturated carbocycles. The zero-order valence-corrected chi connectivity index (χ0v) is 22.2. The summed E-state index contributed by atoms with van der Waals surface area (Å²) in [6.45, 7) is 0.372. The molecule has 8 nitrogen and oxygen atoms in total. The van der Waals surface area contributed by atoms with E-state index in [1.807, 2.05) is 53.1 Å². The van der Waals surface area contributed by atoms with E-state index in [2.05, 4.69) is 51.4 Å². The predicted octanol–water partition coefficient (Wildman–Crippen LogP) is 5.76. The average Bonchev–Trinajstić information content (AvgIpc) is 3.62. The molecule has 198 valence electrons. The summed E-state index contributed by atoms with van der Waals surface area (Å²) in [6, 6.07) is 28.6. The minimum atomic E-state index is -0.854. The molecule has 3 aromatic carbocycles. The van der Waals surface area contributed by atoms with Gasteiger partial charge in [0.25, 0.3) is 0 Å². The number of hydrogen-bond donors (Lipinski definition) is 1. The normalized spacial score (nSPS) is 17.5. The molecular formula is C30H28ClN5O3. The fourth-order valence-corrected chi connectivity index (χ4v) is 5.45. The Morgan fingerprint density at radius 2 is 1.56 bits per heavy atom. The summed E-state index contributed by atoms with van der Waals surface area (Å²) in [5.74, 6) is 1.03. The van der Waals surface area contributed by atoms with Crippen molar-refractivity contribution < 1.29 is 14.2 Å². The van der Waals surface area contributed by atoms with Crippen LogP contribution in [0.25, 0.3) is 11.2 Å². The van der Waals surface area contributed by atoms with E-state index in [-0.39, 0.29) is 23.4 Å². The van der Waals surface area contributed by atoms with Gasteiger partial charge in [-0.15, -0.1) is 0 Å². The van der Waals surface area contributed by atoms with Gasteiger partial charge in [-0.05, 0) is 53.3 Å². The van der Waals surface area contributed by atoms with Crippen molar-refractivity contribution in [1.29, 1.82) is 0 Å². The maximum absolute atomic E-state index is 6.98. The molecule has 5 aromatic rings. The number of ether oxygens (including phenoxy) is 3. The van der Waals surface area contributed by atoms with Gasteiger partial charge in [-0.2, -0.15) is 9.97 Å². The smallest absolute Gasteiger partial charge is 0.226 e. The lowest BCUT2D eigenvalue weighted by Gasteiger charge is -2.36. The average molecular weight is 542 g/mol. The maximum Gasteiger partial charge on any atom is 0.226 e. The van der Waals surface area contributed by atoms with Crippen molar-refractivity contribution >= 4 is 28.6 Å². The zero-order valence-electron chi connectivity index (χ0n) is 21.4. The lowest BCUT2D eigenvalue weighted by Crippen LogP contribution is -2.35. The highest BCUT2D eigenvalue weighted by molar-refractivity contribution is 6.28. The van der Waals surface area contributed by atoms with Crippen molar-refractivity contribution in [1.82, 2.24) is 19.5 Å². The highest BCUT2D eigenvalue weighted by Gasteiger charge is 2.39. The van der Waals surface area contributed by atoms with Crippen LogP contribution in [0.3, 0.4) is 0 Å². The highest BCUT2D eigenvalue weighted by atomic mass is 35.5. The Balaban J connectivity index is 1.33. The number of benzene rings is 3. The molecule has 2 unspecified atom stereocenters. The van der Waals surface area contributed by atoms with Gasteiger partial charge in [-0.25, -0.2) is 4.98 Å². The van der Waals surface area contributed by atoms with Crippen LogP contribution in [0.4, 0.5) is 5.82 Å². The third kappa shape index (κ3) is 4.71. The number of hydrogen-bond acceptors (Lipinski definition) is 7. The first-order chi connectivity index (χ1) is 19.1. The second-order valence-electron chi connectivity index (χ2n) is 9.44. The summed E-state index contributed by atoms with van der Waals surface area (Å²) in [5, 5.41) is 0.0784. The number of imidazole rings is 1. The third-order valence-corrected chi connectivity index (χ3v) is 7.33. The lowest BCUT2D eigenvalue weighted by atomic mass is 9.80. The Hall–Kier alpha value is -3.98. The molecule has 0 bridgehead atoms. The quantitative estimate of drug-likeness (QED) is 0.197. The largest absolute Gasteiger partial charge is 0.497 e. The van der Waals surface area contributed by atoms with Gasteiger partial charge in [-0.1, -0.05) is 72.8 Å². The molecule has 9 heteroatoms. The summed E-state index contributed by atoms with van der Waals surface area (Å²) in [7, 11) is 1.67. The molecule has 1 fully saturated rings. The van der Waals surface area contributed by atoms with Gasteiger partial charge in [0.2, 0.25) is 5.28 Å². The number of halogens is 1. The molecular weight excluding hydrogens is 514 g/mol. The van der Waals surface area contributed by atoms with Gasteiger partial charge in [0, 0.05) is 0 Å². The summed E-state index contributed by atoms with van der Waals surface area (Å²) in [5.41, 5.74) is 9.26. The number of nitrogens with two attached hydrogens (primary N) is 1. The SMILES string of the molecule is COc1ccc(C(OCC2CCC(n3cnc4c(N)nc(Cl)nc43)O2)(c2ccccc2)c2ccccc2)cc1. The van der Waals surface area contributed by atoms with Crippen LogP contribution in [0.2, 0.25) is 5.28 Å². The fraction of sp³-hybridized carbons (Fsp3) is 0.233. The van der Waals surface area contributed by atoms with Gasteiger partial charge in [-0.3, -0.25) is 4.57 Å². The van der Waals surface area contributed by atoms with Crippen LogP contribution in [-0.4, -0.2) is 39.3 Å². The minimum absolute atomic E-state index is 0.0784. The Bertz CT molecular complexity index is 1520. The van der Waals surface area contributed by atoms with Gasteiger partial charge in [0.05, 0.1) is 26.1 Å². The molecule has 0 radical (unpaired) electrons. The van der Waals surface area contributed by atoms with Gasteiger partial charge in [0.15, 0.2) is 11.5 Å². The monoisotopic (exact) mass is 541 g/mol. The highest BCUT2D eigenvalue weighted by Crippen LogP contribution is 2.42. The van der Waals surface area contributed by atoms with Crippen LogP contribution in [0, 0.1) is 0 Å². The van der Waals surface area contributed by atoms with Crippen LogP contribution in [0.15, 0.2) is 91.3 Å². The molecule has 6 rings (SSSR count). The molecule has 0 amide bonds. The molecule has 0 aliphatic carbocycles. The van der Waals surface area contributed by atoms with Crippen LogP contribution in [-0.2, 0) is 15.1 Å². The van der Waals surface area contributed by atoms with E-state index in [0.717, 1.165) is 35.3 Å². The van der Waals surface area contributed by atoms with Gasteiger partial charge >= 0.3 is 0 Å². The second-order valence-corrected chi connectivity index (χ2v) is 9.78. The van der Waals surface area contributed by atoms with E-state index < -0.39 is 5.60 Å². The second kappa shape index (κ2) is 10.6. The van der Waals surface area contributed by atoms with E-state index in [0.29, 0.717) is 17.8 Å². The summed E-state index contributed by atoms with van der Waals surface area (Å²) >= 11 is 6.07. The van der Waals surface area contributed by atoms with Crippen molar-refractivity contribution in [2.45, 2.75) is 30.8 Å². The molecule has 1 aliphatic heterocycles. The first-order valence-electron chi connectivity index (χ1n) is 12.8. The lowest BCUT2D eigenvalue weighted by molar-refractivity contribution is -0.0756. The summed E-state index contributed by atoms with van der Waals surface area (Å²) in [4.78, 5) is 12.7. The molecule has 1 saturated heterocycles. The Morgan fingerprint density at radius 1 is 0.923 bits per heavy atom. The van der Waals surface area contributed by atoms with E-state index in [9.17, 15) is 0 Å². The van der Waals surface area contributed by atoms with E-state index in [4.69, 9.17) is 31.5 Å². The van der Waals surface area contributed by atoms with Crippen molar-refractivity contribution in [2.24, 2.45) is 0 Å². The standard InChI is InChI=1S/C30H28ClN5O3/c1-37-23-14-12-22(13-15-23)30(20-8-4-2-5-9-20,21-10-6-3-7-11-21)38-18-24-16-17-25(39-24)36-19-33-26-27(32)34-29(31)35-28(26)36/h2-15,19,24-25H,16-18H2,1H3,(H2,32,34,35). The predicted molar refractivity (Wildman–Crippen MR) is 150 cm³/mol. The van der Waals surface area contributed by atoms with E-state index in [1.54, 1.807) is 13.4 Å². The van der Waals surface area contributed by atoms with E-state index in [1.165, 1.54) is 0 Å². The number of aromatic nitrogens is 4. The fourth-order valence-electron chi connectivity index (χ4n) is 5.27. The molecule has 1 aliphatic rings. The zero-order chi connectivity index (χ0) is 26.8. The Labute approximate surface area is 231 Å². The Morgan fingerprint density at radius 3 is 2.21 bits per heavy atom.